The Balaban J connectivity index is 0.000000396. The van der Waals surface area contributed by atoms with E-state index < -0.39 is 22.2 Å². The Morgan fingerprint density at radius 3 is 2.40 bits per heavy atom. The summed E-state index contributed by atoms with van der Waals surface area (Å²) in [7, 11) is -2.21. The summed E-state index contributed by atoms with van der Waals surface area (Å²) >= 11 is 1.27. The Bertz CT molecular complexity index is 1180. The molecule has 1 aromatic carbocycles. The minimum absolute atomic E-state index is 0.0274. The van der Waals surface area contributed by atoms with Gasteiger partial charge in [-0.3, -0.25) is 4.72 Å². The van der Waals surface area contributed by atoms with Gasteiger partial charge in [0.1, 0.15) is 11.3 Å². The summed E-state index contributed by atoms with van der Waals surface area (Å²) in [4.78, 5) is 17.2. The Morgan fingerprint density at radius 2 is 1.87 bits per heavy atom. The molecule has 30 heavy (non-hydrogen) atoms. The molecule has 0 atom stereocenters. The van der Waals surface area contributed by atoms with E-state index >= 15 is 0 Å². The lowest BCUT2D eigenvalue weighted by atomic mass is 10.2. The van der Waals surface area contributed by atoms with Crippen LogP contribution >= 0.6 is 11.3 Å². The highest BCUT2D eigenvalue weighted by molar-refractivity contribution is 7.92. The van der Waals surface area contributed by atoms with E-state index in [1.807, 2.05) is 26.0 Å². The van der Waals surface area contributed by atoms with E-state index in [2.05, 4.69) is 14.7 Å². The number of carbonyl (C=O) groups is 1. The summed E-state index contributed by atoms with van der Waals surface area (Å²) in [5.74, 6) is -2.14. The van der Waals surface area contributed by atoms with Crippen LogP contribution < -0.4 is 9.46 Å². The van der Waals surface area contributed by atoms with Crippen molar-refractivity contribution in [3.05, 3.63) is 41.6 Å². The SMILES string of the molecule is COc1ccc(C)c2sc(NS(=O)(=O)c3cc(C)ccn3)nc12.O=C(O)C(F)(F)F. The molecular formula is C17H16F3N3O5S2. The van der Waals surface area contributed by atoms with Gasteiger partial charge in [-0.25, -0.2) is 14.8 Å². The second-order valence-corrected chi connectivity index (χ2v) is 8.49. The molecule has 162 valence electrons. The second-order valence-electron chi connectivity index (χ2n) is 5.86. The zero-order valence-corrected chi connectivity index (χ0v) is 17.4. The van der Waals surface area contributed by atoms with Crippen LogP contribution in [0.4, 0.5) is 18.3 Å². The summed E-state index contributed by atoms with van der Waals surface area (Å²) in [5, 5.41) is 7.39. The number of thiazole rings is 1. The smallest absolute Gasteiger partial charge is 0.490 e. The van der Waals surface area contributed by atoms with E-state index in [-0.39, 0.29) is 10.2 Å². The summed E-state index contributed by atoms with van der Waals surface area (Å²) in [6, 6.07) is 6.99. The van der Waals surface area contributed by atoms with Crippen molar-refractivity contribution in [2.24, 2.45) is 0 Å². The van der Waals surface area contributed by atoms with Crippen LogP contribution in [0.15, 0.2) is 35.5 Å². The predicted molar refractivity (Wildman–Crippen MR) is 104 cm³/mol. The molecule has 0 unspecified atom stereocenters. The fourth-order valence-electron chi connectivity index (χ4n) is 2.14. The zero-order chi connectivity index (χ0) is 22.7. The standard InChI is InChI=1S/C15H15N3O3S2.C2HF3O2/c1-9-6-7-16-12(8-9)23(19,20)18-15-17-13-11(21-3)5-4-10(2)14(13)22-15;3-2(4,5)1(6)7/h4-8H,1-3H3,(H,17,18);(H,6,7). The molecule has 2 heterocycles. The molecule has 0 aliphatic heterocycles. The van der Waals surface area contributed by atoms with Gasteiger partial charge < -0.3 is 9.84 Å². The van der Waals surface area contributed by atoms with Crippen LogP contribution in [-0.4, -0.2) is 42.7 Å². The molecule has 3 rings (SSSR count). The summed E-state index contributed by atoms with van der Waals surface area (Å²) in [6.07, 6.45) is -3.62. The lowest BCUT2D eigenvalue weighted by Crippen LogP contribution is -2.21. The van der Waals surface area contributed by atoms with Gasteiger partial charge in [-0.2, -0.15) is 21.6 Å². The number of ether oxygens (including phenoxy) is 1. The number of hydrogen-bond donors (Lipinski definition) is 2. The van der Waals surface area contributed by atoms with Crippen molar-refractivity contribution >= 4 is 42.7 Å². The zero-order valence-electron chi connectivity index (χ0n) is 15.8. The van der Waals surface area contributed by atoms with E-state index in [1.54, 1.807) is 13.2 Å². The van der Waals surface area contributed by atoms with Crippen LogP contribution in [-0.2, 0) is 14.8 Å². The molecule has 0 radical (unpaired) electrons. The molecule has 0 spiro atoms. The lowest BCUT2D eigenvalue weighted by Gasteiger charge is -2.04. The van der Waals surface area contributed by atoms with Crippen LogP contribution in [0, 0.1) is 13.8 Å². The molecule has 2 N–H and O–H groups in total. The molecule has 13 heteroatoms. The van der Waals surface area contributed by atoms with Gasteiger partial charge in [0, 0.05) is 6.20 Å². The Hall–Kier alpha value is -2.93. The normalized spacial score (nSPS) is 11.5. The molecule has 0 saturated carbocycles. The van der Waals surface area contributed by atoms with Gasteiger partial charge in [0.25, 0.3) is 10.0 Å². The predicted octanol–water partition coefficient (Wildman–Crippen LogP) is 3.75. The fraction of sp³-hybridized carbons (Fsp3) is 0.235. The Kier molecular flexibility index (Phi) is 6.87. The monoisotopic (exact) mass is 463 g/mol. The van der Waals surface area contributed by atoms with Gasteiger partial charge in [-0.15, -0.1) is 0 Å². The van der Waals surface area contributed by atoms with Gasteiger partial charge in [0.15, 0.2) is 10.2 Å². The average Bonchev–Trinajstić information content (AvgIpc) is 3.05. The van der Waals surface area contributed by atoms with Gasteiger partial charge in [0.2, 0.25) is 0 Å². The number of sulfonamides is 1. The molecule has 0 bridgehead atoms. The molecule has 3 aromatic rings. The Morgan fingerprint density at radius 1 is 1.23 bits per heavy atom. The summed E-state index contributed by atoms with van der Waals surface area (Å²) < 4.78 is 65.3. The first-order valence-electron chi connectivity index (χ1n) is 8.05. The van der Waals surface area contributed by atoms with Gasteiger partial charge in [-0.05, 0) is 43.2 Å². The van der Waals surface area contributed by atoms with Crippen LogP contribution in [0.3, 0.4) is 0 Å². The van der Waals surface area contributed by atoms with Crippen molar-refractivity contribution in [3.63, 3.8) is 0 Å². The highest BCUT2D eigenvalue weighted by Crippen LogP contribution is 2.35. The number of pyridine rings is 1. The molecule has 0 saturated heterocycles. The number of fused-ring (bicyclic) bond motifs is 1. The van der Waals surface area contributed by atoms with Crippen molar-refractivity contribution in [1.29, 1.82) is 0 Å². The van der Waals surface area contributed by atoms with E-state index in [0.29, 0.717) is 11.3 Å². The number of hydrogen-bond acceptors (Lipinski definition) is 7. The van der Waals surface area contributed by atoms with E-state index in [0.717, 1.165) is 15.8 Å². The quantitative estimate of drug-likeness (QED) is 0.605. The number of benzene rings is 1. The number of anilines is 1. The third kappa shape index (κ3) is 5.57. The maximum atomic E-state index is 12.4. The molecular weight excluding hydrogens is 447 g/mol. The first-order chi connectivity index (χ1) is 13.8. The lowest BCUT2D eigenvalue weighted by molar-refractivity contribution is -0.192. The van der Waals surface area contributed by atoms with Crippen LogP contribution in [0.5, 0.6) is 5.75 Å². The fourth-order valence-corrected chi connectivity index (χ4v) is 4.36. The van der Waals surface area contributed by atoms with E-state index in [1.165, 1.54) is 23.6 Å². The summed E-state index contributed by atoms with van der Waals surface area (Å²) in [6.45, 7) is 3.76. The average molecular weight is 463 g/mol. The number of rotatable bonds is 4. The number of aryl methyl sites for hydroxylation is 2. The maximum absolute atomic E-state index is 12.4. The number of aromatic nitrogens is 2. The highest BCUT2D eigenvalue weighted by atomic mass is 32.2. The molecule has 8 nitrogen and oxygen atoms in total. The third-order valence-corrected chi connectivity index (χ3v) is 6.02. The minimum atomic E-state index is -5.08. The number of carboxylic acid groups (broad SMARTS) is 1. The number of nitrogens with one attached hydrogen (secondary N) is 1. The molecule has 0 amide bonds. The largest absolute Gasteiger partial charge is 0.494 e. The highest BCUT2D eigenvalue weighted by Gasteiger charge is 2.38. The van der Waals surface area contributed by atoms with Crippen molar-refractivity contribution in [2.75, 3.05) is 11.8 Å². The van der Waals surface area contributed by atoms with Gasteiger partial charge in [-0.1, -0.05) is 17.4 Å². The molecule has 0 aliphatic rings. The number of aliphatic carboxylic acids is 1. The first-order valence-corrected chi connectivity index (χ1v) is 10.3. The van der Waals surface area contributed by atoms with Crippen LogP contribution in [0.2, 0.25) is 0 Å². The first kappa shape index (κ1) is 23.3. The van der Waals surface area contributed by atoms with Crippen LogP contribution in [0.25, 0.3) is 10.2 Å². The summed E-state index contributed by atoms with van der Waals surface area (Å²) in [5.41, 5.74) is 2.48. The number of nitrogens with zero attached hydrogens (tertiary/aromatic N) is 2. The van der Waals surface area contributed by atoms with Gasteiger partial charge >= 0.3 is 12.1 Å². The van der Waals surface area contributed by atoms with E-state index in [9.17, 15) is 21.6 Å². The van der Waals surface area contributed by atoms with Crippen molar-refractivity contribution in [1.82, 2.24) is 9.97 Å². The van der Waals surface area contributed by atoms with Crippen molar-refractivity contribution in [3.8, 4) is 5.75 Å². The van der Waals surface area contributed by atoms with Gasteiger partial charge in [0.05, 0.1) is 11.8 Å². The van der Waals surface area contributed by atoms with E-state index in [4.69, 9.17) is 14.6 Å². The second kappa shape index (κ2) is 8.83. The number of alkyl halides is 3. The minimum Gasteiger partial charge on any atom is -0.494 e. The number of halogens is 3. The third-order valence-electron chi connectivity index (χ3n) is 3.55. The number of carboxylic acids is 1. The van der Waals surface area contributed by atoms with Crippen molar-refractivity contribution < 1.29 is 36.2 Å². The van der Waals surface area contributed by atoms with Crippen LogP contribution in [0.1, 0.15) is 11.1 Å². The topological polar surface area (TPSA) is 118 Å². The Labute approximate surface area is 173 Å². The molecule has 2 aromatic heterocycles. The maximum Gasteiger partial charge on any atom is 0.490 e. The molecule has 0 aliphatic carbocycles. The molecule has 0 fully saturated rings. The van der Waals surface area contributed by atoms with Crippen molar-refractivity contribution in [2.45, 2.75) is 25.0 Å². The number of methoxy groups -OCH3 is 1.